The number of anilines is 1. The maximum atomic E-state index is 12.1. The highest BCUT2D eigenvalue weighted by Crippen LogP contribution is 2.20. The molecule has 5 nitrogen and oxygen atoms in total. The summed E-state index contributed by atoms with van der Waals surface area (Å²) in [5.41, 5.74) is 6.35. The highest BCUT2D eigenvalue weighted by molar-refractivity contribution is 9.10. The van der Waals surface area contributed by atoms with Crippen molar-refractivity contribution in [3.05, 3.63) is 28.2 Å². The lowest BCUT2D eigenvalue weighted by molar-refractivity contribution is -0.137. The normalized spacial score (nSPS) is 18.4. The Labute approximate surface area is 132 Å². The summed E-state index contributed by atoms with van der Waals surface area (Å²) in [5.74, 6) is -0.726. The Balaban J connectivity index is 1.94. The van der Waals surface area contributed by atoms with Crippen LogP contribution >= 0.6 is 15.9 Å². The number of hydrogen-bond acceptors (Lipinski definition) is 4. The maximum absolute atomic E-state index is 12.1. The van der Waals surface area contributed by atoms with Gasteiger partial charge in [-0.3, -0.25) is 4.79 Å². The van der Waals surface area contributed by atoms with Crippen molar-refractivity contribution in [3.8, 4) is 0 Å². The van der Waals surface area contributed by atoms with Crippen LogP contribution < -0.4 is 5.73 Å². The molecule has 6 heteroatoms. The van der Waals surface area contributed by atoms with Crippen LogP contribution in [0.1, 0.15) is 36.5 Å². The zero-order valence-electron chi connectivity index (χ0n) is 12.0. The number of esters is 1. The standard InChI is InChI=1S/C15H19BrN2O3/c1-10-4-2-3-7-18(10)14(19)9-21-15(20)12-8-11(16)5-6-13(12)17/h5-6,8,10H,2-4,7,9,17H2,1H3/t10-/m0/s1. The molecule has 1 aliphatic rings. The summed E-state index contributed by atoms with van der Waals surface area (Å²) >= 11 is 3.28. The van der Waals surface area contributed by atoms with Gasteiger partial charge in [-0.2, -0.15) is 0 Å². The van der Waals surface area contributed by atoms with E-state index in [1.165, 1.54) is 0 Å². The van der Waals surface area contributed by atoms with Crippen molar-refractivity contribution in [2.75, 3.05) is 18.9 Å². The molecule has 0 aromatic heterocycles. The topological polar surface area (TPSA) is 72.6 Å². The largest absolute Gasteiger partial charge is 0.452 e. The number of carbonyl (C=O) groups is 2. The molecule has 1 aromatic carbocycles. The van der Waals surface area contributed by atoms with Gasteiger partial charge in [-0.15, -0.1) is 0 Å². The minimum atomic E-state index is -0.577. The lowest BCUT2D eigenvalue weighted by Crippen LogP contribution is -2.44. The molecule has 0 unspecified atom stereocenters. The fraction of sp³-hybridized carbons (Fsp3) is 0.467. The number of halogens is 1. The average molecular weight is 355 g/mol. The molecule has 0 spiro atoms. The minimum absolute atomic E-state index is 0.149. The Bertz CT molecular complexity index is 548. The van der Waals surface area contributed by atoms with Gasteiger partial charge in [0.05, 0.1) is 5.56 Å². The Hall–Kier alpha value is -1.56. The zero-order valence-corrected chi connectivity index (χ0v) is 13.6. The molecule has 1 atom stereocenters. The minimum Gasteiger partial charge on any atom is -0.452 e. The first-order valence-corrected chi connectivity index (χ1v) is 7.80. The molecule has 1 saturated heterocycles. The van der Waals surface area contributed by atoms with Crippen molar-refractivity contribution in [1.29, 1.82) is 0 Å². The van der Waals surface area contributed by atoms with Gasteiger partial charge >= 0.3 is 5.97 Å². The van der Waals surface area contributed by atoms with Crippen LogP contribution in [0.3, 0.4) is 0 Å². The first kappa shape index (κ1) is 15.8. The van der Waals surface area contributed by atoms with E-state index in [1.807, 2.05) is 6.92 Å². The number of ether oxygens (including phenoxy) is 1. The first-order valence-electron chi connectivity index (χ1n) is 7.00. The summed E-state index contributed by atoms with van der Waals surface area (Å²) < 4.78 is 5.83. The Kier molecular flexibility index (Phi) is 5.22. The molecular weight excluding hydrogens is 336 g/mol. The van der Waals surface area contributed by atoms with E-state index in [4.69, 9.17) is 10.5 Å². The van der Waals surface area contributed by atoms with Crippen molar-refractivity contribution < 1.29 is 14.3 Å². The fourth-order valence-electron chi connectivity index (χ4n) is 2.46. The van der Waals surface area contributed by atoms with Gasteiger partial charge in [-0.25, -0.2) is 4.79 Å². The second-order valence-corrected chi connectivity index (χ2v) is 6.16. The van der Waals surface area contributed by atoms with Crippen molar-refractivity contribution in [2.45, 2.75) is 32.2 Å². The summed E-state index contributed by atoms with van der Waals surface area (Å²) in [6.07, 6.45) is 3.14. The Morgan fingerprint density at radius 3 is 2.90 bits per heavy atom. The van der Waals surface area contributed by atoms with Gasteiger partial charge in [0.15, 0.2) is 6.61 Å². The quantitative estimate of drug-likeness (QED) is 0.668. The molecule has 0 saturated carbocycles. The SMILES string of the molecule is C[C@H]1CCCCN1C(=O)COC(=O)c1cc(Br)ccc1N. The predicted molar refractivity (Wildman–Crippen MR) is 83.9 cm³/mol. The lowest BCUT2D eigenvalue weighted by atomic mass is 10.0. The molecule has 21 heavy (non-hydrogen) atoms. The summed E-state index contributed by atoms with van der Waals surface area (Å²) in [7, 11) is 0. The van der Waals surface area contributed by atoms with E-state index in [1.54, 1.807) is 23.1 Å². The van der Waals surface area contributed by atoms with Gasteiger partial charge in [0.25, 0.3) is 5.91 Å². The smallest absolute Gasteiger partial charge is 0.340 e. The number of nitrogens with zero attached hydrogens (tertiary/aromatic N) is 1. The number of rotatable bonds is 3. The summed E-state index contributed by atoms with van der Waals surface area (Å²) in [6, 6.07) is 5.16. The van der Waals surface area contributed by atoms with E-state index in [0.717, 1.165) is 30.3 Å². The number of benzene rings is 1. The van der Waals surface area contributed by atoms with Gasteiger partial charge in [0.1, 0.15) is 0 Å². The molecular formula is C15H19BrN2O3. The van der Waals surface area contributed by atoms with Crippen LogP contribution in [-0.2, 0) is 9.53 Å². The van der Waals surface area contributed by atoms with Crippen molar-refractivity contribution in [1.82, 2.24) is 4.90 Å². The molecule has 2 rings (SSSR count). The van der Waals surface area contributed by atoms with E-state index in [0.29, 0.717) is 5.69 Å². The van der Waals surface area contributed by atoms with Crippen LogP contribution in [0.5, 0.6) is 0 Å². The second-order valence-electron chi connectivity index (χ2n) is 5.24. The summed E-state index contributed by atoms with van der Waals surface area (Å²) in [6.45, 7) is 2.51. The molecule has 0 aliphatic carbocycles. The van der Waals surface area contributed by atoms with Crippen molar-refractivity contribution >= 4 is 33.5 Å². The second kappa shape index (κ2) is 6.93. The van der Waals surface area contributed by atoms with Crippen molar-refractivity contribution in [3.63, 3.8) is 0 Å². The third-order valence-electron chi connectivity index (χ3n) is 3.69. The number of amides is 1. The molecule has 2 N–H and O–H groups in total. The number of carbonyl (C=O) groups excluding carboxylic acids is 2. The first-order chi connectivity index (χ1) is 9.99. The highest BCUT2D eigenvalue weighted by atomic mass is 79.9. The summed E-state index contributed by atoms with van der Waals surface area (Å²) in [5, 5.41) is 0. The van der Waals surface area contributed by atoms with E-state index < -0.39 is 5.97 Å². The fourth-order valence-corrected chi connectivity index (χ4v) is 2.82. The number of nitrogen functional groups attached to an aromatic ring is 1. The van der Waals surface area contributed by atoms with Crippen LogP contribution in [-0.4, -0.2) is 36.0 Å². The number of hydrogen-bond donors (Lipinski definition) is 1. The van der Waals surface area contributed by atoms with Crippen LogP contribution in [0, 0.1) is 0 Å². The van der Waals surface area contributed by atoms with Crippen LogP contribution in [0.25, 0.3) is 0 Å². The Morgan fingerprint density at radius 2 is 2.19 bits per heavy atom. The molecule has 0 bridgehead atoms. The summed E-state index contributed by atoms with van der Waals surface area (Å²) in [4.78, 5) is 25.9. The van der Waals surface area contributed by atoms with Crippen LogP contribution in [0.15, 0.2) is 22.7 Å². The van der Waals surface area contributed by atoms with Gasteiger partial charge < -0.3 is 15.4 Å². The molecule has 1 aromatic rings. The molecule has 114 valence electrons. The van der Waals surface area contributed by atoms with Crippen LogP contribution in [0.2, 0.25) is 0 Å². The third-order valence-corrected chi connectivity index (χ3v) is 4.18. The molecule has 1 amide bonds. The molecule has 1 heterocycles. The van der Waals surface area contributed by atoms with Gasteiger partial charge in [0.2, 0.25) is 0 Å². The average Bonchev–Trinajstić information content (AvgIpc) is 2.47. The number of piperidine rings is 1. The van der Waals surface area contributed by atoms with Gasteiger partial charge in [-0.1, -0.05) is 15.9 Å². The van der Waals surface area contributed by atoms with E-state index >= 15 is 0 Å². The lowest BCUT2D eigenvalue weighted by Gasteiger charge is -2.33. The van der Waals surface area contributed by atoms with E-state index in [9.17, 15) is 9.59 Å². The molecule has 0 radical (unpaired) electrons. The monoisotopic (exact) mass is 354 g/mol. The predicted octanol–water partition coefficient (Wildman–Crippen LogP) is 2.59. The maximum Gasteiger partial charge on any atom is 0.340 e. The van der Waals surface area contributed by atoms with E-state index in [2.05, 4.69) is 15.9 Å². The number of likely N-dealkylation sites (tertiary alicyclic amines) is 1. The highest BCUT2D eigenvalue weighted by Gasteiger charge is 2.24. The van der Waals surface area contributed by atoms with Crippen LogP contribution in [0.4, 0.5) is 5.69 Å². The van der Waals surface area contributed by atoms with Gasteiger partial charge in [0, 0.05) is 22.7 Å². The number of nitrogens with two attached hydrogens (primary N) is 1. The third kappa shape index (κ3) is 3.97. The Morgan fingerprint density at radius 1 is 1.43 bits per heavy atom. The molecule has 1 aliphatic heterocycles. The van der Waals surface area contributed by atoms with Crippen molar-refractivity contribution in [2.24, 2.45) is 0 Å². The van der Waals surface area contributed by atoms with E-state index in [-0.39, 0.29) is 24.1 Å². The molecule has 1 fully saturated rings. The van der Waals surface area contributed by atoms with Gasteiger partial charge in [-0.05, 0) is 44.4 Å². The zero-order chi connectivity index (χ0) is 15.4.